The maximum absolute atomic E-state index is 11.6. The standard InChI is InChI=1S/C15H23N3O.2ClH/c1-12(16)15(19)17-14-8-5-9-18(11-14)10-13-6-3-2-4-7-13;;/h2-4,6-7,12,14H,5,8-11,16H2,1H3,(H,17,19);2*1H/t12-,14?;;/m0../s1. The molecule has 1 unspecified atom stereocenters. The van der Waals surface area contributed by atoms with E-state index in [2.05, 4.69) is 34.5 Å². The fraction of sp³-hybridized carbons (Fsp3) is 0.533. The predicted molar refractivity (Wildman–Crippen MR) is 91.0 cm³/mol. The van der Waals surface area contributed by atoms with Crippen LogP contribution in [0.3, 0.4) is 0 Å². The first kappa shape index (κ1) is 20.2. The zero-order valence-corrected chi connectivity index (χ0v) is 14.0. The van der Waals surface area contributed by atoms with E-state index >= 15 is 0 Å². The molecule has 0 aliphatic carbocycles. The lowest BCUT2D eigenvalue weighted by molar-refractivity contribution is -0.123. The molecule has 1 aromatic rings. The second-order valence-corrected chi connectivity index (χ2v) is 5.36. The number of amides is 1. The number of likely N-dealkylation sites (tertiary alicyclic amines) is 1. The van der Waals surface area contributed by atoms with Crippen molar-refractivity contribution < 1.29 is 4.79 Å². The van der Waals surface area contributed by atoms with E-state index in [-0.39, 0.29) is 36.8 Å². The van der Waals surface area contributed by atoms with Crippen LogP contribution < -0.4 is 11.1 Å². The van der Waals surface area contributed by atoms with E-state index in [4.69, 9.17) is 5.73 Å². The molecule has 0 saturated carbocycles. The summed E-state index contributed by atoms with van der Waals surface area (Å²) in [5.41, 5.74) is 6.91. The lowest BCUT2D eigenvalue weighted by Gasteiger charge is -2.33. The first-order chi connectivity index (χ1) is 9.15. The number of nitrogens with zero attached hydrogens (tertiary/aromatic N) is 1. The molecule has 0 bridgehead atoms. The van der Waals surface area contributed by atoms with Crippen molar-refractivity contribution in [2.75, 3.05) is 13.1 Å². The summed E-state index contributed by atoms with van der Waals surface area (Å²) in [6, 6.07) is 10.3. The molecular formula is C15H25Cl2N3O. The van der Waals surface area contributed by atoms with Gasteiger partial charge < -0.3 is 11.1 Å². The maximum atomic E-state index is 11.6. The number of piperidine rings is 1. The van der Waals surface area contributed by atoms with Crippen LogP contribution in [0.15, 0.2) is 30.3 Å². The van der Waals surface area contributed by atoms with Crippen LogP contribution in [0.4, 0.5) is 0 Å². The van der Waals surface area contributed by atoms with Crippen molar-refractivity contribution in [3.63, 3.8) is 0 Å². The van der Waals surface area contributed by atoms with E-state index in [9.17, 15) is 4.79 Å². The number of hydrogen-bond donors (Lipinski definition) is 2. The van der Waals surface area contributed by atoms with Crippen molar-refractivity contribution in [2.45, 2.75) is 38.4 Å². The minimum Gasteiger partial charge on any atom is -0.351 e. The van der Waals surface area contributed by atoms with Crippen LogP contribution in [0.1, 0.15) is 25.3 Å². The second-order valence-electron chi connectivity index (χ2n) is 5.36. The average Bonchev–Trinajstić information content (AvgIpc) is 2.40. The van der Waals surface area contributed by atoms with Gasteiger partial charge in [0.25, 0.3) is 0 Å². The van der Waals surface area contributed by atoms with Crippen LogP contribution in [0.5, 0.6) is 0 Å². The Morgan fingerprint density at radius 1 is 1.38 bits per heavy atom. The number of benzene rings is 1. The predicted octanol–water partition coefficient (Wildman–Crippen LogP) is 1.96. The highest BCUT2D eigenvalue weighted by Crippen LogP contribution is 2.13. The van der Waals surface area contributed by atoms with E-state index in [0.29, 0.717) is 0 Å². The summed E-state index contributed by atoms with van der Waals surface area (Å²) in [5.74, 6) is -0.0495. The summed E-state index contributed by atoms with van der Waals surface area (Å²) >= 11 is 0. The second kappa shape index (κ2) is 10.0. The van der Waals surface area contributed by atoms with Crippen LogP contribution in [-0.4, -0.2) is 36.0 Å². The molecule has 1 aliphatic heterocycles. The number of halogens is 2. The molecule has 1 amide bonds. The average molecular weight is 334 g/mol. The molecule has 6 heteroatoms. The molecule has 21 heavy (non-hydrogen) atoms. The smallest absolute Gasteiger partial charge is 0.236 e. The lowest BCUT2D eigenvalue weighted by atomic mass is 10.0. The van der Waals surface area contributed by atoms with E-state index in [1.165, 1.54) is 5.56 Å². The summed E-state index contributed by atoms with van der Waals surface area (Å²) in [6.07, 6.45) is 2.17. The summed E-state index contributed by atoms with van der Waals surface area (Å²) < 4.78 is 0. The van der Waals surface area contributed by atoms with Crippen molar-refractivity contribution in [1.29, 1.82) is 0 Å². The quantitative estimate of drug-likeness (QED) is 0.885. The first-order valence-electron chi connectivity index (χ1n) is 6.97. The molecule has 1 heterocycles. The van der Waals surface area contributed by atoms with Gasteiger partial charge in [0, 0.05) is 19.1 Å². The van der Waals surface area contributed by atoms with E-state index in [0.717, 1.165) is 32.5 Å². The zero-order valence-electron chi connectivity index (χ0n) is 12.3. The highest BCUT2D eigenvalue weighted by Gasteiger charge is 2.22. The maximum Gasteiger partial charge on any atom is 0.236 e. The lowest BCUT2D eigenvalue weighted by Crippen LogP contribution is -2.51. The summed E-state index contributed by atoms with van der Waals surface area (Å²) in [6.45, 7) is 4.68. The Bertz CT molecular complexity index is 415. The van der Waals surface area contributed by atoms with Crippen molar-refractivity contribution in [1.82, 2.24) is 10.2 Å². The molecule has 1 aliphatic rings. The van der Waals surface area contributed by atoms with Gasteiger partial charge in [-0.25, -0.2) is 0 Å². The van der Waals surface area contributed by atoms with Gasteiger partial charge in [-0.15, -0.1) is 24.8 Å². The highest BCUT2D eigenvalue weighted by molar-refractivity contribution is 5.85. The SMILES string of the molecule is C[C@H](N)C(=O)NC1CCCN(Cc2ccccc2)C1.Cl.Cl. The van der Waals surface area contributed by atoms with Crippen LogP contribution in [0.2, 0.25) is 0 Å². The zero-order chi connectivity index (χ0) is 13.7. The Morgan fingerprint density at radius 3 is 2.67 bits per heavy atom. The number of hydrogen-bond acceptors (Lipinski definition) is 3. The summed E-state index contributed by atoms with van der Waals surface area (Å²) in [4.78, 5) is 14.0. The molecule has 2 rings (SSSR count). The van der Waals surface area contributed by atoms with Gasteiger partial charge in [0.2, 0.25) is 5.91 Å². The largest absolute Gasteiger partial charge is 0.351 e. The van der Waals surface area contributed by atoms with Gasteiger partial charge in [0.1, 0.15) is 0 Å². The third-order valence-corrected chi connectivity index (χ3v) is 3.51. The normalized spacial score (nSPS) is 19.8. The highest BCUT2D eigenvalue weighted by atomic mass is 35.5. The van der Waals surface area contributed by atoms with Gasteiger partial charge in [-0.05, 0) is 31.9 Å². The van der Waals surface area contributed by atoms with Crippen LogP contribution in [-0.2, 0) is 11.3 Å². The monoisotopic (exact) mass is 333 g/mol. The third kappa shape index (κ3) is 6.66. The minimum absolute atomic E-state index is 0. The van der Waals surface area contributed by atoms with Gasteiger partial charge in [-0.2, -0.15) is 0 Å². The van der Waals surface area contributed by atoms with Gasteiger partial charge in [0.15, 0.2) is 0 Å². The molecule has 1 fully saturated rings. The Balaban J connectivity index is 0.00000200. The fourth-order valence-corrected chi connectivity index (χ4v) is 2.49. The molecule has 4 nitrogen and oxygen atoms in total. The number of nitrogens with two attached hydrogens (primary N) is 1. The Hall–Kier alpha value is -0.810. The molecule has 1 aromatic carbocycles. The number of rotatable bonds is 4. The van der Waals surface area contributed by atoms with Crippen molar-refractivity contribution in [3.05, 3.63) is 35.9 Å². The molecular weight excluding hydrogens is 309 g/mol. The van der Waals surface area contributed by atoms with Gasteiger partial charge in [0.05, 0.1) is 6.04 Å². The summed E-state index contributed by atoms with van der Waals surface area (Å²) in [7, 11) is 0. The Labute approximate surface area is 139 Å². The van der Waals surface area contributed by atoms with Crippen LogP contribution in [0.25, 0.3) is 0 Å². The van der Waals surface area contributed by atoms with Crippen molar-refractivity contribution in [3.8, 4) is 0 Å². The van der Waals surface area contributed by atoms with Gasteiger partial charge in [-0.3, -0.25) is 9.69 Å². The molecule has 1 saturated heterocycles. The van der Waals surface area contributed by atoms with E-state index in [1.807, 2.05) is 6.07 Å². The molecule has 3 N–H and O–H groups in total. The van der Waals surface area contributed by atoms with Crippen LogP contribution in [0, 0.1) is 0 Å². The number of carbonyl (C=O) groups is 1. The summed E-state index contributed by atoms with van der Waals surface area (Å²) in [5, 5.41) is 3.03. The van der Waals surface area contributed by atoms with E-state index < -0.39 is 6.04 Å². The molecule has 2 atom stereocenters. The number of nitrogens with one attached hydrogen (secondary N) is 1. The number of carbonyl (C=O) groups excluding carboxylic acids is 1. The fourth-order valence-electron chi connectivity index (χ4n) is 2.49. The third-order valence-electron chi connectivity index (χ3n) is 3.51. The Kier molecular flexibility index (Phi) is 9.62. The topological polar surface area (TPSA) is 58.4 Å². The molecule has 0 aromatic heterocycles. The van der Waals surface area contributed by atoms with E-state index in [1.54, 1.807) is 6.92 Å². The Morgan fingerprint density at radius 2 is 2.05 bits per heavy atom. The molecule has 120 valence electrons. The van der Waals surface area contributed by atoms with Gasteiger partial charge in [-0.1, -0.05) is 30.3 Å². The molecule has 0 radical (unpaired) electrons. The first-order valence-corrected chi connectivity index (χ1v) is 6.97. The van der Waals surface area contributed by atoms with Crippen molar-refractivity contribution in [2.24, 2.45) is 5.73 Å². The van der Waals surface area contributed by atoms with Crippen LogP contribution >= 0.6 is 24.8 Å². The van der Waals surface area contributed by atoms with Crippen molar-refractivity contribution >= 4 is 30.7 Å². The minimum atomic E-state index is -0.426. The molecule has 0 spiro atoms. The van der Waals surface area contributed by atoms with Gasteiger partial charge >= 0.3 is 0 Å².